The van der Waals surface area contributed by atoms with Gasteiger partial charge >= 0.3 is 0 Å². The number of halogens is 1. The van der Waals surface area contributed by atoms with E-state index in [9.17, 15) is 13.2 Å². The first-order valence-corrected chi connectivity index (χ1v) is 10.7. The molecule has 0 atom stereocenters. The molecule has 2 aromatic rings. The minimum Gasteiger partial charge on any atom is -0.492 e. The summed E-state index contributed by atoms with van der Waals surface area (Å²) in [7, 11) is -3.59. The van der Waals surface area contributed by atoms with Crippen LogP contribution < -0.4 is 14.4 Å². The quantitative estimate of drug-likeness (QED) is 0.645. The molecule has 2 rings (SSSR count). The Morgan fingerprint density at radius 2 is 1.81 bits per heavy atom. The lowest BCUT2D eigenvalue weighted by molar-refractivity contribution is -0.119. The largest absolute Gasteiger partial charge is 0.492 e. The van der Waals surface area contributed by atoms with E-state index in [1.807, 2.05) is 19.1 Å². The third-order valence-corrected chi connectivity index (χ3v) is 5.21. The Morgan fingerprint density at radius 1 is 1.15 bits per heavy atom. The average Bonchev–Trinajstić information content (AvgIpc) is 2.64. The SMILES string of the molecule is CCc1ccccc1N(CC(=O)NCCOc1ccc(Cl)cc1)S(C)(=O)=O. The molecular formula is C19H23ClN2O4S. The van der Waals surface area contributed by atoms with Crippen LogP contribution in [-0.4, -0.2) is 40.3 Å². The molecule has 1 amide bonds. The Hall–Kier alpha value is -2.25. The minimum absolute atomic E-state index is 0.258. The first kappa shape index (κ1) is 21.1. The summed E-state index contributed by atoms with van der Waals surface area (Å²) < 4.78 is 31.0. The normalized spacial score (nSPS) is 11.1. The summed E-state index contributed by atoms with van der Waals surface area (Å²) in [6, 6.07) is 14.0. The number of sulfonamides is 1. The van der Waals surface area contributed by atoms with Gasteiger partial charge in [-0.3, -0.25) is 9.10 Å². The maximum Gasteiger partial charge on any atom is 0.240 e. The first-order valence-electron chi connectivity index (χ1n) is 8.52. The Bertz CT molecular complexity index is 870. The molecule has 0 unspecified atom stereocenters. The smallest absolute Gasteiger partial charge is 0.240 e. The standard InChI is InChI=1S/C19H23ClN2O4S/c1-3-15-6-4-5-7-18(15)22(27(2,24)25)14-19(23)21-12-13-26-17-10-8-16(20)9-11-17/h4-11H,3,12-14H2,1-2H3,(H,21,23). The van der Waals surface area contributed by atoms with E-state index in [0.29, 0.717) is 22.9 Å². The molecule has 0 heterocycles. The topological polar surface area (TPSA) is 75.7 Å². The van der Waals surface area contributed by atoms with Crippen LogP contribution in [0, 0.1) is 0 Å². The Labute approximate surface area is 165 Å². The summed E-state index contributed by atoms with van der Waals surface area (Å²) >= 11 is 5.81. The summed E-state index contributed by atoms with van der Waals surface area (Å²) in [6.07, 6.45) is 1.76. The van der Waals surface area contributed by atoms with Crippen molar-refractivity contribution in [2.24, 2.45) is 0 Å². The Kier molecular flexibility index (Phi) is 7.50. The maximum atomic E-state index is 12.2. The zero-order chi connectivity index (χ0) is 19.9. The van der Waals surface area contributed by atoms with E-state index >= 15 is 0 Å². The number of hydrogen-bond acceptors (Lipinski definition) is 4. The first-order chi connectivity index (χ1) is 12.8. The second kappa shape index (κ2) is 9.62. The molecule has 0 bridgehead atoms. The van der Waals surface area contributed by atoms with Crippen molar-refractivity contribution in [1.82, 2.24) is 5.32 Å². The summed E-state index contributed by atoms with van der Waals surface area (Å²) in [5.41, 5.74) is 1.39. The molecule has 0 aliphatic rings. The molecule has 0 spiro atoms. The molecule has 6 nitrogen and oxygen atoms in total. The molecule has 0 radical (unpaired) electrons. The minimum atomic E-state index is -3.59. The van der Waals surface area contributed by atoms with Crippen LogP contribution in [-0.2, 0) is 21.2 Å². The van der Waals surface area contributed by atoms with Crippen LogP contribution in [0.15, 0.2) is 48.5 Å². The van der Waals surface area contributed by atoms with Crippen molar-refractivity contribution in [2.45, 2.75) is 13.3 Å². The number of hydrogen-bond donors (Lipinski definition) is 1. The number of aryl methyl sites for hydroxylation is 1. The molecule has 0 fully saturated rings. The van der Waals surface area contributed by atoms with E-state index in [0.717, 1.165) is 16.1 Å². The lowest BCUT2D eigenvalue weighted by Crippen LogP contribution is -2.41. The predicted molar refractivity (Wildman–Crippen MR) is 108 cm³/mol. The number of ether oxygens (including phenoxy) is 1. The van der Waals surface area contributed by atoms with Gasteiger partial charge in [0.1, 0.15) is 18.9 Å². The van der Waals surface area contributed by atoms with Gasteiger partial charge in [0.2, 0.25) is 15.9 Å². The number of nitrogens with one attached hydrogen (secondary N) is 1. The highest BCUT2D eigenvalue weighted by Crippen LogP contribution is 2.23. The van der Waals surface area contributed by atoms with Crippen LogP contribution in [0.4, 0.5) is 5.69 Å². The Morgan fingerprint density at radius 3 is 2.44 bits per heavy atom. The monoisotopic (exact) mass is 410 g/mol. The van der Waals surface area contributed by atoms with Crippen LogP contribution in [0.2, 0.25) is 5.02 Å². The summed E-state index contributed by atoms with van der Waals surface area (Å²) in [4.78, 5) is 12.2. The maximum absolute atomic E-state index is 12.2. The van der Waals surface area contributed by atoms with E-state index in [1.165, 1.54) is 0 Å². The second-order valence-corrected chi connectivity index (χ2v) is 8.25. The Balaban J connectivity index is 1.93. The molecule has 0 saturated carbocycles. The summed E-state index contributed by atoms with van der Waals surface area (Å²) in [6.45, 7) is 2.18. The predicted octanol–water partition coefficient (Wildman–Crippen LogP) is 2.86. The number of carbonyl (C=O) groups is 1. The molecule has 1 N–H and O–H groups in total. The molecule has 2 aromatic carbocycles. The molecule has 0 aliphatic heterocycles. The van der Waals surface area contributed by atoms with Crippen molar-refractivity contribution in [2.75, 3.05) is 30.3 Å². The highest BCUT2D eigenvalue weighted by atomic mass is 35.5. The number of carbonyl (C=O) groups excluding carboxylic acids is 1. The third kappa shape index (κ3) is 6.45. The lowest BCUT2D eigenvalue weighted by atomic mass is 10.1. The highest BCUT2D eigenvalue weighted by Gasteiger charge is 2.22. The van der Waals surface area contributed by atoms with E-state index in [4.69, 9.17) is 16.3 Å². The van der Waals surface area contributed by atoms with Crippen LogP contribution in [0.25, 0.3) is 0 Å². The summed E-state index contributed by atoms with van der Waals surface area (Å²) in [5, 5.41) is 3.29. The zero-order valence-corrected chi connectivity index (χ0v) is 16.9. The fraction of sp³-hybridized carbons (Fsp3) is 0.316. The van der Waals surface area contributed by atoms with E-state index in [1.54, 1.807) is 36.4 Å². The van der Waals surface area contributed by atoms with Crippen molar-refractivity contribution >= 4 is 33.2 Å². The van der Waals surface area contributed by atoms with Gasteiger partial charge in [0.05, 0.1) is 18.5 Å². The fourth-order valence-corrected chi connectivity index (χ4v) is 3.52. The third-order valence-electron chi connectivity index (χ3n) is 3.84. The molecule has 27 heavy (non-hydrogen) atoms. The highest BCUT2D eigenvalue weighted by molar-refractivity contribution is 7.92. The van der Waals surface area contributed by atoms with Crippen LogP contribution >= 0.6 is 11.6 Å². The number of anilines is 1. The van der Waals surface area contributed by atoms with Crippen LogP contribution in [0.3, 0.4) is 0 Å². The van der Waals surface area contributed by atoms with Gasteiger partial charge in [-0.05, 0) is 42.3 Å². The number of rotatable bonds is 9. The molecule has 0 saturated heterocycles. The number of para-hydroxylation sites is 1. The van der Waals surface area contributed by atoms with Crippen molar-refractivity contribution in [3.8, 4) is 5.75 Å². The van der Waals surface area contributed by atoms with Crippen LogP contribution in [0.1, 0.15) is 12.5 Å². The second-order valence-electron chi connectivity index (χ2n) is 5.90. The molecule has 0 aromatic heterocycles. The number of amides is 1. The molecule has 0 aliphatic carbocycles. The van der Waals surface area contributed by atoms with Crippen molar-refractivity contribution < 1.29 is 17.9 Å². The van der Waals surface area contributed by atoms with Gasteiger partial charge in [0.15, 0.2) is 0 Å². The van der Waals surface area contributed by atoms with E-state index < -0.39 is 15.9 Å². The van der Waals surface area contributed by atoms with Gasteiger partial charge < -0.3 is 10.1 Å². The van der Waals surface area contributed by atoms with Gasteiger partial charge in [0.25, 0.3) is 0 Å². The molecule has 146 valence electrons. The van der Waals surface area contributed by atoms with Crippen molar-refractivity contribution in [1.29, 1.82) is 0 Å². The van der Waals surface area contributed by atoms with Gasteiger partial charge in [-0.2, -0.15) is 0 Å². The number of nitrogens with zero attached hydrogens (tertiary/aromatic N) is 1. The van der Waals surface area contributed by atoms with Gasteiger partial charge in [-0.25, -0.2) is 8.42 Å². The van der Waals surface area contributed by atoms with E-state index in [2.05, 4.69) is 5.32 Å². The van der Waals surface area contributed by atoms with Gasteiger partial charge in [-0.15, -0.1) is 0 Å². The summed E-state index contributed by atoms with van der Waals surface area (Å²) in [5.74, 6) is 0.245. The van der Waals surface area contributed by atoms with Gasteiger partial charge in [-0.1, -0.05) is 36.7 Å². The molecular weight excluding hydrogens is 388 g/mol. The fourth-order valence-electron chi connectivity index (χ4n) is 2.51. The van der Waals surface area contributed by atoms with Gasteiger partial charge in [0, 0.05) is 5.02 Å². The van der Waals surface area contributed by atoms with E-state index in [-0.39, 0.29) is 19.7 Å². The molecule has 8 heteroatoms. The van der Waals surface area contributed by atoms with Crippen molar-refractivity contribution in [3.63, 3.8) is 0 Å². The number of benzene rings is 2. The van der Waals surface area contributed by atoms with Crippen molar-refractivity contribution in [3.05, 3.63) is 59.1 Å². The van der Waals surface area contributed by atoms with Crippen LogP contribution in [0.5, 0.6) is 5.75 Å². The average molecular weight is 411 g/mol. The zero-order valence-electron chi connectivity index (χ0n) is 15.3. The lowest BCUT2D eigenvalue weighted by Gasteiger charge is -2.24.